The van der Waals surface area contributed by atoms with Gasteiger partial charge in [-0.15, -0.1) is 0 Å². The van der Waals surface area contributed by atoms with E-state index in [9.17, 15) is 0 Å². The number of H-pyrrole nitrogens is 1. The zero-order chi connectivity index (χ0) is 10.4. The van der Waals surface area contributed by atoms with Crippen molar-refractivity contribution in [1.29, 1.82) is 0 Å². The number of hydrogen-bond acceptors (Lipinski definition) is 2. The second kappa shape index (κ2) is 3.18. The minimum absolute atomic E-state index is 0.405. The molecule has 3 rings (SSSR count). The van der Waals surface area contributed by atoms with Gasteiger partial charge < -0.3 is 9.40 Å². The minimum Gasteiger partial charge on any atom is -0.428 e. The van der Waals surface area contributed by atoms with E-state index in [-0.39, 0.29) is 0 Å². The summed E-state index contributed by atoms with van der Waals surface area (Å²) in [5.74, 6) is 0. The summed E-state index contributed by atoms with van der Waals surface area (Å²) in [7, 11) is 0. The molecule has 0 aliphatic rings. The molecule has 2 aromatic carbocycles. The molecule has 0 aliphatic heterocycles. The highest BCUT2D eigenvalue weighted by atomic mass is 79.9. The Balaban J connectivity index is 2.69. The zero-order valence-electron chi connectivity index (χ0n) is 7.58. The quantitative estimate of drug-likeness (QED) is 0.618. The van der Waals surface area contributed by atoms with Gasteiger partial charge >= 0.3 is 0 Å². The molecule has 1 aromatic heterocycles. The van der Waals surface area contributed by atoms with Crippen LogP contribution in [-0.4, -0.2) is 4.98 Å². The van der Waals surface area contributed by atoms with Gasteiger partial charge in [-0.25, -0.2) is 0 Å². The Morgan fingerprint density at radius 3 is 2.93 bits per heavy atom. The number of nitrogens with one attached hydrogen (secondary N) is 1. The van der Waals surface area contributed by atoms with E-state index in [0.717, 1.165) is 26.3 Å². The Bertz CT molecular complexity index is 713. The summed E-state index contributed by atoms with van der Waals surface area (Å²) < 4.78 is 6.34. The maximum absolute atomic E-state index is 5.42. The van der Waals surface area contributed by atoms with Gasteiger partial charge in [-0.2, -0.15) is 0 Å². The SMILES string of the molecule is S=c1[nH]c2c(o1)c(Br)cc1ccccc12. The highest BCUT2D eigenvalue weighted by molar-refractivity contribution is 9.10. The molecular formula is C11H6BrNOS. The maximum Gasteiger partial charge on any atom is 0.266 e. The molecule has 0 spiro atoms. The molecule has 4 heteroatoms. The summed E-state index contributed by atoms with van der Waals surface area (Å²) in [6.07, 6.45) is 0. The smallest absolute Gasteiger partial charge is 0.266 e. The number of aromatic amines is 1. The predicted molar refractivity (Wildman–Crippen MR) is 66.6 cm³/mol. The average molecular weight is 280 g/mol. The van der Waals surface area contributed by atoms with Gasteiger partial charge in [0.25, 0.3) is 4.84 Å². The van der Waals surface area contributed by atoms with E-state index in [1.54, 1.807) is 0 Å². The predicted octanol–water partition coefficient (Wildman–Crippen LogP) is 4.41. The first kappa shape index (κ1) is 9.12. The first-order valence-corrected chi connectivity index (χ1v) is 5.66. The molecule has 74 valence electrons. The molecular weight excluding hydrogens is 274 g/mol. The lowest BCUT2D eigenvalue weighted by Gasteiger charge is -1.99. The van der Waals surface area contributed by atoms with Crippen molar-refractivity contribution in [2.45, 2.75) is 0 Å². The van der Waals surface area contributed by atoms with Crippen molar-refractivity contribution in [2.24, 2.45) is 0 Å². The molecule has 0 fully saturated rings. The summed E-state index contributed by atoms with van der Waals surface area (Å²) in [6.45, 7) is 0. The summed E-state index contributed by atoms with van der Waals surface area (Å²) in [5, 5.41) is 2.28. The molecule has 0 saturated carbocycles. The monoisotopic (exact) mass is 279 g/mol. The minimum atomic E-state index is 0.405. The van der Waals surface area contributed by atoms with Gasteiger partial charge in [-0.3, -0.25) is 0 Å². The van der Waals surface area contributed by atoms with Crippen LogP contribution >= 0.6 is 28.1 Å². The van der Waals surface area contributed by atoms with Crippen LogP contribution in [0.5, 0.6) is 0 Å². The standard InChI is InChI=1S/C11H6BrNOS/c12-8-5-6-3-1-2-4-7(6)9-10(8)14-11(15)13-9/h1-5H,(H,13,15). The van der Waals surface area contributed by atoms with Crippen LogP contribution in [0.2, 0.25) is 0 Å². The molecule has 0 aliphatic carbocycles. The van der Waals surface area contributed by atoms with Crippen molar-refractivity contribution in [3.05, 3.63) is 39.6 Å². The molecule has 0 atom stereocenters. The van der Waals surface area contributed by atoms with E-state index >= 15 is 0 Å². The fraction of sp³-hybridized carbons (Fsp3) is 0. The van der Waals surface area contributed by atoms with Gasteiger partial charge in [-0.1, -0.05) is 24.3 Å². The maximum atomic E-state index is 5.42. The van der Waals surface area contributed by atoms with Gasteiger partial charge in [0, 0.05) is 5.39 Å². The number of oxazole rings is 1. The molecule has 0 bridgehead atoms. The average Bonchev–Trinajstić information content (AvgIpc) is 2.61. The lowest BCUT2D eigenvalue weighted by molar-refractivity contribution is 0.582. The van der Waals surface area contributed by atoms with Crippen LogP contribution in [0.25, 0.3) is 21.9 Å². The fourth-order valence-corrected chi connectivity index (χ4v) is 2.45. The third-order valence-corrected chi connectivity index (χ3v) is 3.15. The fourth-order valence-electron chi connectivity index (χ4n) is 1.74. The Morgan fingerprint density at radius 2 is 2.07 bits per heavy atom. The van der Waals surface area contributed by atoms with Crippen molar-refractivity contribution in [3.63, 3.8) is 0 Å². The molecule has 0 unspecified atom stereocenters. The van der Waals surface area contributed by atoms with Crippen molar-refractivity contribution >= 4 is 50.0 Å². The molecule has 1 N–H and O–H groups in total. The van der Waals surface area contributed by atoms with E-state index in [4.69, 9.17) is 16.6 Å². The molecule has 0 radical (unpaired) electrons. The number of hydrogen-bond donors (Lipinski definition) is 1. The first-order chi connectivity index (χ1) is 7.25. The Hall–Kier alpha value is -1.13. The Kier molecular flexibility index (Phi) is 1.94. The molecule has 15 heavy (non-hydrogen) atoms. The molecule has 0 saturated heterocycles. The van der Waals surface area contributed by atoms with Gasteiger partial charge in [-0.05, 0) is 39.6 Å². The van der Waals surface area contributed by atoms with E-state index in [1.165, 1.54) is 0 Å². The lowest BCUT2D eigenvalue weighted by atomic mass is 10.1. The Labute approximate surface area is 99.0 Å². The third kappa shape index (κ3) is 1.33. The van der Waals surface area contributed by atoms with Crippen molar-refractivity contribution < 1.29 is 4.42 Å². The van der Waals surface area contributed by atoms with Crippen LogP contribution < -0.4 is 0 Å². The van der Waals surface area contributed by atoms with E-state index in [1.807, 2.05) is 24.3 Å². The number of benzene rings is 2. The second-order valence-electron chi connectivity index (χ2n) is 3.30. The van der Waals surface area contributed by atoms with E-state index in [2.05, 4.69) is 27.0 Å². The van der Waals surface area contributed by atoms with Crippen LogP contribution in [-0.2, 0) is 0 Å². The normalized spacial score (nSPS) is 11.3. The second-order valence-corrected chi connectivity index (χ2v) is 4.52. The highest BCUT2D eigenvalue weighted by Gasteiger charge is 2.08. The molecule has 0 amide bonds. The van der Waals surface area contributed by atoms with Crippen LogP contribution in [0.1, 0.15) is 0 Å². The summed E-state index contributed by atoms with van der Waals surface area (Å²) in [5.41, 5.74) is 1.73. The van der Waals surface area contributed by atoms with Gasteiger partial charge in [0.15, 0.2) is 5.58 Å². The lowest BCUT2D eigenvalue weighted by Crippen LogP contribution is -1.76. The van der Waals surface area contributed by atoms with Gasteiger partial charge in [0.2, 0.25) is 0 Å². The molecule has 1 heterocycles. The zero-order valence-corrected chi connectivity index (χ0v) is 9.98. The topological polar surface area (TPSA) is 28.9 Å². The number of fused-ring (bicyclic) bond motifs is 3. The first-order valence-electron chi connectivity index (χ1n) is 4.46. The van der Waals surface area contributed by atoms with E-state index in [0.29, 0.717) is 4.84 Å². The summed E-state index contributed by atoms with van der Waals surface area (Å²) in [6, 6.07) is 10.1. The summed E-state index contributed by atoms with van der Waals surface area (Å²) in [4.78, 5) is 3.47. The van der Waals surface area contributed by atoms with Gasteiger partial charge in [0.1, 0.15) is 0 Å². The van der Waals surface area contributed by atoms with Crippen molar-refractivity contribution in [3.8, 4) is 0 Å². The number of rotatable bonds is 0. The Morgan fingerprint density at radius 1 is 1.27 bits per heavy atom. The van der Waals surface area contributed by atoms with Crippen LogP contribution in [0.4, 0.5) is 0 Å². The highest BCUT2D eigenvalue weighted by Crippen LogP contribution is 2.31. The van der Waals surface area contributed by atoms with Gasteiger partial charge in [0.05, 0.1) is 9.99 Å². The summed E-state index contributed by atoms with van der Waals surface area (Å²) >= 11 is 8.46. The third-order valence-electron chi connectivity index (χ3n) is 2.38. The largest absolute Gasteiger partial charge is 0.428 e. The van der Waals surface area contributed by atoms with Crippen LogP contribution in [0, 0.1) is 4.84 Å². The van der Waals surface area contributed by atoms with Crippen LogP contribution in [0.15, 0.2) is 39.2 Å². The van der Waals surface area contributed by atoms with Crippen molar-refractivity contribution in [2.75, 3.05) is 0 Å². The molecule has 3 aromatic rings. The molecule has 2 nitrogen and oxygen atoms in total. The number of halogens is 1. The van der Waals surface area contributed by atoms with Crippen molar-refractivity contribution in [1.82, 2.24) is 4.98 Å². The van der Waals surface area contributed by atoms with E-state index < -0.39 is 0 Å². The number of aromatic nitrogens is 1. The van der Waals surface area contributed by atoms with Crippen LogP contribution in [0.3, 0.4) is 0 Å².